The van der Waals surface area contributed by atoms with Gasteiger partial charge in [0.1, 0.15) is 0 Å². The minimum absolute atomic E-state index is 0.328. The molecule has 0 aliphatic carbocycles. The van der Waals surface area contributed by atoms with Gasteiger partial charge >= 0.3 is 0 Å². The lowest BCUT2D eigenvalue weighted by Crippen LogP contribution is -2.19. The summed E-state index contributed by atoms with van der Waals surface area (Å²) in [5, 5.41) is 2.38. The van der Waals surface area contributed by atoms with Gasteiger partial charge in [-0.1, -0.05) is 56.3 Å². The Balaban J connectivity index is 2.56. The van der Waals surface area contributed by atoms with Crippen LogP contribution in [0.15, 0.2) is 42.5 Å². The number of fused-ring (bicyclic) bond motifs is 1. The third-order valence-corrected chi connectivity index (χ3v) is 2.87. The lowest BCUT2D eigenvalue weighted by molar-refractivity contribution is 0.351. The summed E-state index contributed by atoms with van der Waals surface area (Å²) in [4.78, 5) is 0. The summed E-state index contributed by atoms with van der Waals surface area (Å²) in [6.07, 6.45) is 0. The van der Waals surface area contributed by atoms with E-state index in [0.29, 0.717) is 0 Å². The Kier molecular flexibility index (Phi) is 2.47. The second-order valence-corrected chi connectivity index (χ2v) is 4.58. The van der Waals surface area contributed by atoms with Crippen LogP contribution in [0.1, 0.15) is 19.4 Å². The van der Waals surface area contributed by atoms with Crippen LogP contribution in [0.25, 0.3) is 10.8 Å². The molecular formula is C14H15F. The lowest BCUT2D eigenvalue weighted by Gasteiger charge is -2.21. The summed E-state index contributed by atoms with van der Waals surface area (Å²) in [5.74, 6) is 0. The van der Waals surface area contributed by atoms with Crippen molar-refractivity contribution in [1.29, 1.82) is 0 Å². The SMILES string of the molecule is CC(C)(CF)c1ccc2ccccc2c1. The van der Waals surface area contributed by atoms with Gasteiger partial charge in [-0.05, 0) is 16.3 Å². The van der Waals surface area contributed by atoms with Crippen molar-refractivity contribution in [3.63, 3.8) is 0 Å². The Labute approximate surface area is 89.7 Å². The molecule has 0 saturated carbocycles. The van der Waals surface area contributed by atoms with Gasteiger partial charge in [0.2, 0.25) is 0 Å². The molecular weight excluding hydrogens is 187 g/mol. The average Bonchev–Trinajstić information content (AvgIpc) is 2.28. The van der Waals surface area contributed by atoms with Gasteiger partial charge in [-0.3, -0.25) is 4.39 Å². The van der Waals surface area contributed by atoms with Gasteiger partial charge in [-0.2, -0.15) is 0 Å². The predicted molar refractivity (Wildman–Crippen MR) is 62.9 cm³/mol. The first-order chi connectivity index (χ1) is 7.13. The summed E-state index contributed by atoms with van der Waals surface area (Å²) in [7, 11) is 0. The quantitative estimate of drug-likeness (QED) is 0.688. The van der Waals surface area contributed by atoms with Gasteiger partial charge in [0, 0.05) is 5.41 Å². The highest BCUT2D eigenvalue weighted by Crippen LogP contribution is 2.26. The van der Waals surface area contributed by atoms with Crippen molar-refractivity contribution in [3.05, 3.63) is 48.0 Å². The molecule has 0 aliphatic rings. The maximum absolute atomic E-state index is 12.9. The first-order valence-electron chi connectivity index (χ1n) is 5.19. The van der Waals surface area contributed by atoms with E-state index in [4.69, 9.17) is 0 Å². The number of benzene rings is 2. The molecule has 0 nitrogen and oxygen atoms in total. The number of hydrogen-bond donors (Lipinski definition) is 0. The van der Waals surface area contributed by atoms with Crippen LogP contribution in [0, 0.1) is 0 Å². The van der Waals surface area contributed by atoms with E-state index in [0.717, 1.165) is 5.56 Å². The van der Waals surface area contributed by atoms with Gasteiger partial charge in [-0.25, -0.2) is 0 Å². The summed E-state index contributed by atoms with van der Waals surface area (Å²) in [6.45, 7) is 3.53. The van der Waals surface area contributed by atoms with E-state index < -0.39 is 0 Å². The Morgan fingerprint density at radius 3 is 2.33 bits per heavy atom. The molecule has 78 valence electrons. The molecule has 0 aromatic heterocycles. The molecule has 0 saturated heterocycles. The Hall–Kier alpha value is -1.37. The van der Waals surface area contributed by atoms with Crippen LogP contribution in [0.2, 0.25) is 0 Å². The van der Waals surface area contributed by atoms with Gasteiger partial charge in [-0.15, -0.1) is 0 Å². The molecule has 2 rings (SSSR count). The molecule has 15 heavy (non-hydrogen) atoms. The molecule has 0 atom stereocenters. The van der Waals surface area contributed by atoms with E-state index in [1.165, 1.54) is 10.8 Å². The fraction of sp³-hybridized carbons (Fsp3) is 0.286. The zero-order valence-electron chi connectivity index (χ0n) is 9.13. The molecule has 0 spiro atoms. The average molecular weight is 202 g/mol. The summed E-state index contributed by atoms with van der Waals surface area (Å²) >= 11 is 0. The topological polar surface area (TPSA) is 0 Å². The summed E-state index contributed by atoms with van der Waals surface area (Å²) < 4.78 is 12.9. The van der Waals surface area contributed by atoms with Crippen LogP contribution in [0.3, 0.4) is 0 Å². The van der Waals surface area contributed by atoms with Gasteiger partial charge in [0.05, 0.1) is 6.67 Å². The third-order valence-electron chi connectivity index (χ3n) is 2.87. The van der Waals surface area contributed by atoms with E-state index >= 15 is 0 Å². The number of hydrogen-bond acceptors (Lipinski definition) is 0. The predicted octanol–water partition coefficient (Wildman–Crippen LogP) is 4.09. The highest BCUT2D eigenvalue weighted by Gasteiger charge is 2.20. The highest BCUT2D eigenvalue weighted by molar-refractivity contribution is 5.83. The van der Waals surface area contributed by atoms with Crippen molar-refractivity contribution in [2.24, 2.45) is 0 Å². The fourth-order valence-corrected chi connectivity index (χ4v) is 1.69. The standard InChI is InChI=1S/C14H15F/c1-14(2,10-15)13-8-7-11-5-3-4-6-12(11)9-13/h3-9H,10H2,1-2H3. The van der Waals surface area contributed by atoms with E-state index in [1.54, 1.807) is 0 Å². The van der Waals surface area contributed by atoms with Crippen molar-refractivity contribution < 1.29 is 4.39 Å². The maximum atomic E-state index is 12.9. The molecule has 0 heterocycles. The number of halogens is 1. The molecule has 0 unspecified atom stereocenters. The molecule has 0 fully saturated rings. The van der Waals surface area contributed by atoms with E-state index in [1.807, 2.05) is 32.0 Å². The lowest BCUT2D eigenvalue weighted by atomic mass is 9.85. The van der Waals surface area contributed by atoms with Crippen molar-refractivity contribution >= 4 is 10.8 Å². The third kappa shape index (κ3) is 1.87. The van der Waals surface area contributed by atoms with Gasteiger partial charge in [0.15, 0.2) is 0 Å². The molecule has 0 aliphatic heterocycles. The first kappa shape index (κ1) is 10.2. The highest BCUT2D eigenvalue weighted by atomic mass is 19.1. The molecule has 0 amide bonds. The Morgan fingerprint density at radius 1 is 1.00 bits per heavy atom. The van der Waals surface area contributed by atoms with Crippen molar-refractivity contribution in [2.75, 3.05) is 6.67 Å². The van der Waals surface area contributed by atoms with Crippen LogP contribution in [0.5, 0.6) is 0 Å². The maximum Gasteiger partial charge on any atom is 0.0985 e. The minimum atomic E-state index is -0.385. The molecule has 1 heteroatoms. The van der Waals surface area contributed by atoms with Crippen molar-refractivity contribution in [1.82, 2.24) is 0 Å². The first-order valence-corrected chi connectivity index (χ1v) is 5.19. The normalized spacial score (nSPS) is 11.9. The second kappa shape index (κ2) is 3.65. The number of alkyl halides is 1. The Bertz CT molecular complexity index is 471. The van der Waals surface area contributed by atoms with Crippen LogP contribution in [0.4, 0.5) is 4.39 Å². The minimum Gasteiger partial charge on any atom is -0.250 e. The van der Waals surface area contributed by atoms with Crippen LogP contribution >= 0.6 is 0 Å². The Morgan fingerprint density at radius 2 is 1.67 bits per heavy atom. The summed E-state index contributed by atoms with van der Waals surface area (Å²) in [6, 6.07) is 14.3. The van der Waals surface area contributed by atoms with E-state index in [9.17, 15) is 4.39 Å². The fourth-order valence-electron chi connectivity index (χ4n) is 1.69. The van der Waals surface area contributed by atoms with Crippen LogP contribution in [-0.2, 0) is 5.41 Å². The van der Waals surface area contributed by atoms with Gasteiger partial charge < -0.3 is 0 Å². The number of rotatable bonds is 2. The largest absolute Gasteiger partial charge is 0.250 e. The zero-order valence-corrected chi connectivity index (χ0v) is 9.13. The molecule has 0 radical (unpaired) electrons. The van der Waals surface area contributed by atoms with Crippen LogP contribution < -0.4 is 0 Å². The van der Waals surface area contributed by atoms with Crippen molar-refractivity contribution in [2.45, 2.75) is 19.3 Å². The smallest absolute Gasteiger partial charge is 0.0985 e. The summed E-state index contributed by atoms with van der Waals surface area (Å²) in [5.41, 5.74) is 0.674. The monoisotopic (exact) mass is 202 g/mol. The van der Waals surface area contributed by atoms with E-state index in [-0.39, 0.29) is 12.1 Å². The molecule has 0 N–H and O–H groups in total. The van der Waals surface area contributed by atoms with Gasteiger partial charge in [0.25, 0.3) is 0 Å². The van der Waals surface area contributed by atoms with E-state index in [2.05, 4.69) is 24.3 Å². The second-order valence-electron chi connectivity index (χ2n) is 4.58. The van der Waals surface area contributed by atoms with Crippen molar-refractivity contribution in [3.8, 4) is 0 Å². The zero-order chi connectivity index (χ0) is 10.9. The molecule has 2 aromatic carbocycles. The molecule has 2 aromatic rings. The molecule has 0 bridgehead atoms. The van der Waals surface area contributed by atoms with Crippen LogP contribution in [-0.4, -0.2) is 6.67 Å².